The van der Waals surface area contributed by atoms with Crippen LogP contribution in [0.25, 0.3) is 10.1 Å². The molecule has 0 spiro atoms. The second-order valence-electron chi connectivity index (χ2n) is 4.03. The third-order valence-corrected chi connectivity index (χ3v) is 3.70. The minimum Gasteiger partial charge on any atom is -0.508 e. The number of hydrogen-bond acceptors (Lipinski definition) is 3. The van der Waals surface area contributed by atoms with Crippen molar-refractivity contribution in [1.82, 2.24) is 5.32 Å². The van der Waals surface area contributed by atoms with Crippen LogP contribution in [0.1, 0.15) is 12.0 Å². The first-order chi connectivity index (χ1) is 8.70. The maximum Gasteiger partial charge on any atom is 0.223 e. The summed E-state index contributed by atoms with van der Waals surface area (Å²) in [6.45, 7) is 4.13. The maximum atomic E-state index is 11.3. The lowest BCUT2D eigenvalue weighted by atomic mass is 10.1. The number of amides is 1. The van der Waals surface area contributed by atoms with Crippen molar-refractivity contribution in [2.75, 3.05) is 6.54 Å². The van der Waals surface area contributed by atoms with E-state index in [-0.39, 0.29) is 11.7 Å². The van der Waals surface area contributed by atoms with Crippen LogP contribution in [0.3, 0.4) is 0 Å². The molecular formula is C14H15NO2S. The number of benzene rings is 1. The van der Waals surface area contributed by atoms with Gasteiger partial charge in [-0.1, -0.05) is 6.08 Å². The lowest BCUT2D eigenvalue weighted by Gasteiger charge is -2.03. The third kappa shape index (κ3) is 2.90. The molecule has 0 aliphatic heterocycles. The highest BCUT2D eigenvalue weighted by Gasteiger charge is 2.05. The van der Waals surface area contributed by atoms with Crippen LogP contribution in [0, 0.1) is 0 Å². The SMILES string of the molecule is C=CCC(=O)NCCc1csc2ccc(O)cc12. The molecule has 1 heterocycles. The van der Waals surface area contributed by atoms with Crippen molar-refractivity contribution in [2.45, 2.75) is 12.8 Å². The minimum atomic E-state index is -0.00705. The summed E-state index contributed by atoms with van der Waals surface area (Å²) in [5.41, 5.74) is 1.16. The fourth-order valence-electron chi connectivity index (χ4n) is 1.80. The summed E-state index contributed by atoms with van der Waals surface area (Å²) in [5.74, 6) is 0.269. The Hall–Kier alpha value is -1.81. The first-order valence-corrected chi connectivity index (χ1v) is 6.65. The van der Waals surface area contributed by atoms with E-state index in [1.165, 1.54) is 0 Å². The summed E-state index contributed by atoms with van der Waals surface area (Å²) in [6, 6.07) is 5.37. The largest absolute Gasteiger partial charge is 0.508 e. The van der Waals surface area contributed by atoms with Gasteiger partial charge in [0, 0.05) is 17.7 Å². The van der Waals surface area contributed by atoms with Gasteiger partial charge in [-0.05, 0) is 40.9 Å². The number of thiophene rings is 1. The van der Waals surface area contributed by atoms with Gasteiger partial charge in [0.05, 0.1) is 0 Å². The molecule has 0 fully saturated rings. The Bertz CT molecular complexity index is 574. The molecular weight excluding hydrogens is 246 g/mol. The van der Waals surface area contributed by atoms with E-state index in [0.29, 0.717) is 13.0 Å². The van der Waals surface area contributed by atoms with E-state index in [1.54, 1.807) is 29.5 Å². The van der Waals surface area contributed by atoms with Crippen LogP contribution in [0.15, 0.2) is 36.2 Å². The van der Waals surface area contributed by atoms with Crippen LogP contribution in [-0.2, 0) is 11.2 Å². The first kappa shape index (κ1) is 12.6. The molecule has 0 atom stereocenters. The normalized spacial score (nSPS) is 10.4. The number of hydrogen-bond donors (Lipinski definition) is 2. The van der Waals surface area contributed by atoms with Gasteiger partial charge >= 0.3 is 0 Å². The van der Waals surface area contributed by atoms with Crippen molar-refractivity contribution in [3.05, 3.63) is 41.8 Å². The van der Waals surface area contributed by atoms with Crippen molar-refractivity contribution < 1.29 is 9.90 Å². The molecule has 2 aromatic rings. The van der Waals surface area contributed by atoms with Gasteiger partial charge in [0.25, 0.3) is 0 Å². The minimum absolute atomic E-state index is 0.00705. The fourth-order valence-corrected chi connectivity index (χ4v) is 2.78. The summed E-state index contributed by atoms with van der Waals surface area (Å²) in [6.07, 6.45) is 2.71. The molecule has 2 N–H and O–H groups in total. The lowest BCUT2D eigenvalue weighted by Crippen LogP contribution is -2.24. The average Bonchev–Trinajstić information content (AvgIpc) is 2.72. The zero-order valence-corrected chi connectivity index (χ0v) is 10.8. The number of carbonyl (C=O) groups excluding carboxylic acids is 1. The van der Waals surface area contributed by atoms with Gasteiger partial charge in [0.2, 0.25) is 5.91 Å². The van der Waals surface area contributed by atoms with Crippen molar-refractivity contribution in [3.8, 4) is 5.75 Å². The Morgan fingerprint density at radius 1 is 1.50 bits per heavy atom. The maximum absolute atomic E-state index is 11.3. The monoisotopic (exact) mass is 261 g/mol. The molecule has 0 saturated carbocycles. The Balaban J connectivity index is 2.01. The van der Waals surface area contributed by atoms with Crippen LogP contribution >= 0.6 is 11.3 Å². The Kier molecular flexibility index (Phi) is 3.99. The molecule has 0 radical (unpaired) electrons. The molecule has 1 amide bonds. The summed E-state index contributed by atoms with van der Waals surface area (Å²) in [7, 11) is 0. The number of nitrogens with one attached hydrogen (secondary N) is 1. The number of rotatable bonds is 5. The van der Waals surface area contributed by atoms with E-state index in [0.717, 1.165) is 22.1 Å². The van der Waals surface area contributed by atoms with Crippen LogP contribution in [0.5, 0.6) is 5.75 Å². The quantitative estimate of drug-likeness (QED) is 0.813. The zero-order valence-electron chi connectivity index (χ0n) is 9.98. The topological polar surface area (TPSA) is 49.3 Å². The summed E-state index contributed by atoms with van der Waals surface area (Å²) >= 11 is 1.65. The third-order valence-electron chi connectivity index (χ3n) is 2.68. The molecule has 0 unspecified atom stereocenters. The van der Waals surface area contributed by atoms with Crippen molar-refractivity contribution in [1.29, 1.82) is 0 Å². The molecule has 0 saturated heterocycles. The molecule has 0 aliphatic carbocycles. The van der Waals surface area contributed by atoms with Gasteiger partial charge < -0.3 is 10.4 Å². The van der Waals surface area contributed by atoms with Crippen LogP contribution < -0.4 is 5.32 Å². The highest BCUT2D eigenvalue weighted by molar-refractivity contribution is 7.17. The van der Waals surface area contributed by atoms with Gasteiger partial charge in [-0.25, -0.2) is 0 Å². The first-order valence-electron chi connectivity index (χ1n) is 5.77. The number of fused-ring (bicyclic) bond motifs is 1. The fraction of sp³-hybridized carbons (Fsp3) is 0.214. The molecule has 3 nitrogen and oxygen atoms in total. The molecule has 0 aliphatic rings. The number of phenolic OH excluding ortho intramolecular Hbond substituents is 1. The van der Waals surface area contributed by atoms with Crippen LogP contribution in [0.2, 0.25) is 0 Å². The number of carbonyl (C=O) groups is 1. The second-order valence-corrected chi connectivity index (χ2v) is 4.95. The predicted octanol–water partition coefficient (Wildman–Crippen LogP) is 2.84. The van der Waals surface area contributed by atoms with Crippen molar-refractivity contribution in [3.63, 3.8) is 0 Å². The van der Waals surface area contributed by atoms with E-state index in [2.05, 4.69) is 17.3 Å². The lowest BCUT2D eigenvalue weighted by molar-refractivity contribution is -0.120. The van der Waals surface area contributed by atoms with Gasteiger partial charge in [0.1, 0.15) is 5.75 Å². The van der Waals surface area contributed by atoms with E-state index in [1.807, 2.05) is 6.07 Å². The van der Waals surface area contributed by atoms with Crippen LogP contribution in [0.4, 0.5) is 0 Å². The van der Waals surface area contributed by atoms with Crippen molar-refractivity contribution >= 4 is 27.3 Å². The van der Waals surface area contributed by atoms with Gasteiger partial charge in [-0.3, -0.25) is 4.79 Å². The second kappa shape index (κ2) is 5.69. The average molecular weight is 261 g/mol. The van der Waals surface area contributed by atoms with E-state index >= 15 is 0 Å². The Morgan fingerprint density at radius 3 is 3.11 bits per heavy atom. The van der Waals surface area contributed by atoms with Gasteiger partial charge in [0.15, 0.2) is 0 Å². The van der Waals surface area contributed by atoms with Crippen molar-refractivity contribution in [2.24, 2.45) is 0 Å². The Morgan fingerprint density at radius 2 is 2.33 bits per heavy atom. The van der Waals surface area contributed by atoms with Gasteiger partial charge in [-0.15, -0.1) is 17.9 Å². The Labute approximate surface area is 110 Å². The predicted molar refractivity (Wildman–Crippen MR) is 75.0 cm³/mol. The molecule has 1 aromatic carbocycles. The number of phenols is 1. The molecule has 18 heavy (non-hydrogen) atoms. The zero-order chi connectivity index (χ0) is 13.0. The molecule has 1 aromatic heterocycles. The molecule has 94 valence electrons. The van der Waals surface area contributed by atoms with E-state index in [4.69, 9.17) is 0 Å². The van der Waals surface area contributed by atoms with E-state index < -0.39 is 0 Å². The summed E-state index contributed by atoms with van der Waals surface area (Å²) in [5, 5.41) is 15.5. The standard InChI is InChI=1S/C14H15NO2S/c1-2-3-14(17)15-7-6-10-9-18-13-5-4-11(16)8-12(10)13/h2,4-5,8-9,16H,1,3,6-7H2,(H,15,17). The van der Waals surface area contributed by atoms with Crippen LogP contribution in [-0.4, -0.2) is 17.6 Å². The van der Waals surface area contributed by atoms with Gasteiger partial charge in [-0.2, -0.15) is 0 Å². The highest BCUT2D eigenvalue weighted by Crippen LogP contribution is 2.29. The summed E-state index contributed by atoms with van der Waals surface area (Å²) in [4.78, 5) is 11.3. The van der Waals surface area contributed by atoms with E-state index in [9.17, 15) is 9.90 Å². The smallest absolute Gasteiger partial charge is 0.223 e. The molecule has 0 bridgehead atoms. The molecule has 4 heteroatoms. The number of aromatic hydroxyl groups is 1. The summed E-state index contributed by atoms with van der Waals surface area (Å²) < 4.78 is 1.15. The highest BCUT2D eigenvalue weighted by atomic mass is 32.1. The molecule has 2 rings (SSSR count).